The molecule has 5 aliphatic heterocycles. The van der Waals surface area contributed by atoms with E-state index in [1.54, 1.807) is 18.2 Å². The van der Waals surface area contributed by atoms with E-state index >= 15 is 9.59 Å². The van der Waals surface area contributed by atoms with Crippen LogP contribution in [0.2, 0.25) is 0 Å². The third kappa shape index (κ3) is 6.11. The summed E-state index contributed by atoms with van der Waals surface area (Å²) < 4.78 is 6.50. The minimum Gasteiger partial charge on any atom is -0.508 e. The van der Waals surface area contributed by atoms with Gasteiger partial charge in [-0.15, -0.1) is 0 Å². The number of phenols is 1. The molecular formula is C54H75NO11S2. The number of hydrogen-bond acceptors (Lipinski definition) is 13. The number of aromatic hydroxyl groups is 1. The zero-order chi connectivity index (χ0) is 48.2. The number of aliphatic hydroxyl groups excluding tert-OH is 4. The maximum absolute atomic E-state index is 15.8. The van der Waals surface area contributed by atoms with Crippen molar-refractivity contribution in [2.45, 2.75) is 165 Å². The number of anilines is 1. The summed E-state index contributed by atoms with van der Waals surface area (Å²) in [4.78, 5) is 33.3. The number of nitrogens with zero attached hydrogens (tertiary/aromatic N) is 1. The van der Waals surface area contributed by atoms with Gasteiger partial charge in [-0.2, -0.15) is 0 Å². The molecule has 7 fully saturated rings. The van der Waals surface area contributed by atoms with Crippen molar-refractivity contribution in [3.05, 3.63) is 47.6 Å². The second-order valence-electron chi connectivity index (χ2n) is 24.5. The Kier molecular flexibility index (Phi) is 11.5. The molecule has 0 radical (unpaired) electrons. The summed E-state index contributed by atoms with van der Waals surface area (Å²) in [6.45, 7) is 7.98. The van der Waals surface area contributed by atoms with Crippen LogP contribution in [-0.2, 0) is 20.7 Å². The molecule has 1 aromatic rings. The number of amides is 1. The number of carbonyl (C=O) groups is 2. The first kappa shape index (κ1) is 48.3. The van der Waals surface area contributed by atoms with Crippen LogP contribution in [-0.4, -0.2) is 119 Å². The highest BCUT2D eigenvalue weighted by Gasteiger charge is 2.79. The van der Waals surface area contributed by atoms with Gasteiger partial charge in [0.1, 0.15) is 28.5 Å². The molecule has 0 aromatic heterocycles. The number of ketones is 1. The summed E-state index contributed by atoms with van der Waals surface area (Å²) in [6, 6.07) is 5.46. The number of benzene rings is 1. The second-order valence-corrected chi connectivity index (χ2v) is 27.0. The summed E-state index contributed by atoms with van der Waals surface area (Å²) >= 11 is 0. The van der Waals surface area contributed by atoms with E-state index in [2.05, 4.69) is 26.8 Å². The number of aryl methyl sites for hydroxylation is 1. The van der Waals surface area contributed by atoms with E-state index in [-0.39, 0.29) is 67.3 Å². The molecule has 7 aliphatic carbocycles. The van der Waals surface area contributed by atoms with E-state index in [0.717, 1.165) is 50.5 Å². The number of fused-ring (bicyclic) bond motifs is 1. The van der Waals surface area contributed by atoms with Gasteiger partial charge in [0, 0.05) is 47.4 Å². The molecule has 12 aliphatic rings. The summed E-state index contributed by atoms with van der Waals surface area (Å²) in [5.41, 5.74) is -9.67. The van der Waals surface area contributed by atoms with Crippen molar-refractivity contribution in [1.82, 2.24) is 0 Å². The number of allylic oxidation sites excluding steroid dienone is 2. The van der Waals surface area contributed by atoms with Crippen molar-refractivity contribution in [1.29, 1.82) is 0 Å². The van der Waals surface area contributed by atoms with Crippen molar-refractivity contribution < 1.29 is 55.2 Å². The minimum absolute atomic E-state index is 0.0216. The number of rotatable bonds is 5. The quantitative estimate of drug-likeness (QED) is 0.0936. The van der Waals surface area contributed by atoms with Crippen LogP contribution in [0, 0.1) is 68.5 Å². The molecular weight excluding hydrogens is 903 g/mol. The van der Waals surface area contributed by atoms with Crippen molar-refractivity contribution in [2.75, 3.05) is 30.4 Å². The third-order valence-electron chi connectivity index (χ3n) is 21.9. The predicted octanol–water partition coefficient (Wildman–Crippen LogP) is 6.23. The lowest BCUT2D eigenvalue weighted by Crippen LogP contribution is -2.72. The van der Waals surface area contributed by atoms with Gasteiger partial charge in [-0.05, 0) is 147 Å². The molecule has 17 atom stereocenters. The Hall–Kier alpha value is -1.98. The topological polar surface area (TPSA) is 212 Å². The predicted molar refractivity (Wildman–Crippen MR) is 260 cm³/mol. The Morgan fingerprint density at radius 3 is 2.44 bits per heavy atom. The molecule has 5 saturated carbocycles. The molecule has 374 valence electrons. The van der Waals surface area contributed by atoms with Gasteiger partial charge in [-0.3, -0.25) is 9.59 Å². The summed E-state index contributed by atoms with van der Waals surface area (Å²) in [6.07, 6.45) is 11.2. The Morgan fingerprint density at radius 2 is 1.72 bits per heavy atom. The fourth-order valence-corrected chi connectivity index (χ4v) is 21.4. The first-order chi connectivity index (χ1) is 32.3. The number of ether oxygens (including phenoxy) is 1. The fourth-order valence-electron chi connectivity index (χ4n) is 18.3. The van der Waals surface area contributed by atoms with Crippen molar-refractivity contribution >= 4 is 39.0 Å². The third-order valence-corrected chi connectivity index (χ3v) is 24.5. The van der Waals surface area contributed by atoms with E-state index in [4.69, 9.17) is 4.74 Å². The zero-order valence-corrected chi connectivity index (χ0v) is 41.9. The van der Waals surface area contributed by atoms with Gasteiger partial charge in [0.15, 0.2) is 5.78 Å². The zero-order valence-electron chi connectivity index (χ0n) is 40.3. The molecule has 2 saturated heterocycles. The van der Waals surface area contributed by atoms with Crippen LogP contribution >= 0.6 is 21.6 Å². The maximum Gasteiger partial charge on any atom is 0.234 e. The van der Waals surface area contributed by atoms with E-state index in [0.29, 0.717) is 61.6 Å². The molecule has 5 heterocycles. The molecule has 1 aromatic carbocycles. The molecule has 12 nitrogen and oxygen atoms in total. The van der Waals surface area contributed by atoms with Crippen LogP contribution in [0.25, 0.3) is 0 Å². The number of aliphatic hydroxyl groups is 7. The van der Waals surface area contributed by atoms with E-state index < -0.39 is 85.7 Å². The highest BCUT2D eigenvalue weighted by atomic mass is 33.1. The number of phenolic OH excluding ortho intramolecular Hbond substituents is 1. The summed E-state index contributed by atoms with van der Waals surface area (Å²) in [5, 5.41) is 98.2. The van der Waals surface area contributed by atoms with Crippen LogP contribution < -0.4 is 4.90 Å². The Labute approximate surface area is 409 Å². The molecule has 8 N–H and O–H groups in total. The lowest BCUT2D eigenvalue weighted by Gasteiger charge is -2.68. The summed E-state index contributed by atoms with van der Waals surface area (Å²) in [7, 11) is 2.61. The van der Waals surface area contributed by atoms with Crippen LogP contribution in [0.1, 0.15) is 123 Å². The normalized spacial score (nSPS) is 48.6. The molecule has 8 bridgehead atoms. The highest BCUT2D eigenvalue weighted by Crippen LogP contribution is 2.77. The first-order valence-electron chi connectivity index (χ1n) is 26.0. The molecule has 68 heavy (non-hydrogen) atoms. The second kappa shape index (κ2) is 16.3. The average Bonchev–Trinajstić information content (AvgIpc) is 3.81. The SMILES string of the molecule is CC(C)C(C)C1OC1C1(O)CC=CC2CC3C4=CC(=O)C5(CC(O)C(O)(CO)CC35C)C(O)SSCC3CCCC(CO)C35C(=O)N(CC53CCCC3)c3cc(O)cc(c3)CCC23C1CCC43O. The maximum atomic E-state index is 15.8. The number of epoxide rings is 1. The average molecular weight is 978 g/mol. The Bertz CT molecular complexity index is 2290. The van der Waals surface area contributed by atoms with Crippen LogP contribution in [0.4, 0.5) is 5.69 Å². The van der Waals surface area contributed by atoms with E-state index in [1.807, 2.05) is 24.0 Å². The van der Waals surface area contributed by atoms with Gasteiger partial charge in [0.05, 0.1) is 35.2 Å². The molecule has 1 amide bonds. The van der Waals surface area contributed by atoms with Gasteiger partial charge in [-0.1, -0.05) is 80.7 Å². The standard InChI is InChI=1S/C54H75NO11S2/c1-30(2)31(3)43-44(66-43)52(64)16-8-11-33-21-38-39-23-41(59)51(24-42(60)49(63,29-57)27-47(38,51)4)46(62)68-67-26-35-10-7-9-34(25-56)54(35)45(61)55(28-48(54)14-5-6-15-48)36-19-32(20-37(58)22-36)12-17-50(33)40(52)13-18-53(39,50)65/h8,11,19-20,22-23,30-31,33-35,38,40,42-44,46,56-58,60,62-65H,5-7,9-10,12-18,21,24-29H2,1-4H3. The van der Waals surface area contributed by atoms with E-state index in [1.165, 1.54) is 21.6 Å². The van der Waals surface area contributed by atoms with Gasteiger partial charge in [0.2, 0.25) is 5.91 Å². The molecule has 14 heteroatoms. The van der Waals surface area contributed by atoms with Gasteiger partial charge < -0.3 is 50.5 Å². The van der Waals surface area contributed by atoms with Crippen LogP contribution in [0.5, 0.6) is 5.75 Å². The summed E-state index contributed by atoms with van der Waals surface area (Å²) in [5.74, 6) is -1.29. The Morgan fingerprint density at radius 1 is 0.956 bits per heavy atom. The largest absolute Gasteiger partial charge is 0.508 e. The number of hydrogen-bond donors (Lipinski definition) is 8. The first-order valence-corrected chi connectivity index (χ1v) is 28.4. The van der Waals surface area contributed by atoms with Crippen molar-refractivity contribution in [2.24, 2.45) is 68.5 Å². The molecule has 4 spiro atoms. The lowest BCUT2D eigenvalue weighted by atomic mass is 9.38. The fraction of sp³-hybridized carbons (Fsp3) is 0.778. The highest BCUT2D eigenvalue weighted by molar-refractivity contribution is 8.76. The van der Waals surface area contributed by atoms with Crippen molar-refractivity contribution in [3.63, 3.8) is 0 Å². The van der Waals surface area contributed by atoms with Crippen LogP contribution in [0.3, 0.4) is 0 Å². The minimum atomic E-state index is -1.99. The van der Waals surface area contributed by atoms with Gasteiger partial charge in [-0.25, -0.2) is 0 Å². The monoisotopic (exact) mass is 977 g/mol. The molecule has 13 rings (SSSR count). The number of carbonyl (C=O) groups excluding carboxylic acids is 2. The van der Waals surface area contributed by atoms with Gasteiger partial charge >= 0.3 is 0 Å². The van der Waals surface area contributed by atoms with Gasteiger partial charge in [0.25, 0.3) is 0 Å². The molecule has 17 unspecified atom stereocenters. The van der Waals surface area contributed by atoms with Crippen molar-refractivity contribution in [3.8, 4) is 5.75 Å². The van der Waals surface area contributed by atoms with E-state index in [9.17, 15) is 40.9 Å². The lowest BCUT2D eigenvalue weighted by molar-refractivity contribution is -0.235. The smallest absolute Gasteiger partial charge is 0.234 e. The Balaban J connectivity index is 1.11. The van der Waals surface area contributed by atoms with Crippen LogP contribution in [0.15, 0.2) is 42.0 Å².